The van der Waals surface area contributed by atoms with Crippen molar-refractivity contribution < 1.29 is 43.5 Å². The lowest BCUT2D eigenvalue weighted by atomic mass is 10.3. The fraction of sp³-hybridized carbons (Fsp3) is 0.317. The van der Waals surface area contributed by atoms with E-state index in [1.807, 2.05) is 13.8 Å². The molecular formula is C41H52Cl3IN6O12S4. The monoisotopic (exact) mass is 1180 g/mol. The van der Waals surface area contributed by atoms with Crippen molar-refractivity contribution in [1.29, 1.82) is 0 Å². The van der Waals surface area contributed by atoms with Gasteiger partial charge in [0.1, 0.15) is 14.9 Å². The first-order chi connectivity index (χ1) is 30.5. The van der Waals surface area contributed by atoms with E-state index in [2.05, 4.69) is 19.5 Å². The fourth-order valence-electron chi connectivity index (χ4n) is 4.52. The van der Waals surface area contributed by atoms with Crippen LogP contribution in [0.2, 0.25) is 15.3 Å². The van der Waals surface area contributed by atoms with E-state index in [1.54, 1.807) is 76.2 Å². The van der Waals surface area contributed by atoms with Crippen LogP contribution < -0.4 is 11.1 Å². The van der Waals surface area contributed by atoms with Crippen LogP contribution in [0.4, 0.5) is 28.6 Å². The third-order valence-corrected chi connectivity index (χ3v) is 16.7. The van der Waals surface area contributed by atoms with Crippen LogP contribution in [0.15, 0.2) is 118 Å². The minimum Gasteiger partial charge on any atom is -0.398 e. The Labute approximate surface area is 426 Å². The van der Waals surface area contributed by atoms with Crippen molar-refractivity contribution in [1.82, 2.24) is 9.97 Å². The summed E-state index contributed by atoms with van der Waals surface area (Å²) in [6.45, 7) is 13.2. The van der Waals surface area contributed by atoms with E-state index in [0.29, 0.717) is 11.4 Å². The Morgan fingerprint density at radius 1 is 0.627 bits per heavy atom. The number of benzene rings is 4. The van der Waals surface area contributed by atoms with Gasteiger partial charge in [0.05, 0.1) is 65.3 Å². The molecule has 1 atom stereocenters. The molecule has 1 unspecified atom stereocenters. The van der Waals surface area contributed by atoms with Crippen molar-refractivity contribution in [3.05, 3.63) is 139 Å². The highest BCUT2D eigenvalue weighted by Crippen LogP contribution is 2.30. The number of halogens is 4. The quantitative estimate of drug-likeness (QED) is 0.0386. The summed E-state index contributed by atoms with van der Waals surface area (Å²) < 4.78 is 86.5. The molecule has 0 fully saturated rings. The van der Waals surface area contributed by atoms with Gasteiger partial charge < -0.3 is 11.1 Å². The molecule has 0 bridgehead atoms. The number of sulfone groups is 3. The van der Waals surface area contributed by atoms with Gasteiger partial charge in [0.25, 0.3) is 11.4 Å². The summed E-state index contributed by atoms with van der Waals surface area (Å²) >= 11 is 16.1. The van der Waals surface area contributed by atoms with E-state index in [0.717, 1.165) is 0 Å². The number of aromatic nitrogens is 2. The predicted molar refractivity (Wildman–Crippen MR) is 277 cm³/mol. The third kappa shape index (κ3) is 19.4. The molecule has 67 heavy (non-hydrogen) atoms. The number of nitrogens with zero attached hydrogens (tertiary/aromatic N) is 4. The molecule has 0 aliphatic rings. The average Bonchev–Trinajstić information content (AvgIpc) is 3.25. The first-order valence-corrected chi connectivity index (χ1v) is 26.1. The normalized spacial score (nSPS) is 11.5. The summed E-state index contributed by atoms with van der Waals surface area (Å²) in [6.07, 6.45) is 1.35. The Hall–Kier alpha value is -4.08. The smallest absolute Gasteiger partial charge is 0.287 e. The van der Waals surface area contributed by atoms with Crippen molar-refractivity contribution in [2.45, 2.75) is 91.1 Å². The molecule has 0 saturated carbocycles. The van der Waals surface area contributed by atoms with Gasteiger partial charge in [-0.15, -0.1) is 24.0 Å². The Morgan fingerprint density at radius 2 is 1.03 bits per heavy atom. The summed E-state index contributed by atoms with van der Waals surface area (Å²) in [4.78, 5) is 27.5. The fourth-order valence-corrected chi connectivity index (χ4v) is 8.97. The summed E-state index contributed by atoms with van der Waals surface area (Å²) in [5.74, 6) is 0.253. The first-order valence-electron chi connectivity index (χ1n) is 19.2. The third-order valence-electron chi connectivity index (χ3n) is 8.22. The van der Waals surface area contributed by atoms with Gasteiger partial charge in [-0.3, -0.25) is 24.4 Å². The average molecular weight is 1180 g/mol. The number of anilines is 3. The highest BCUT2D eigenvalue weighted by molar-refractivity contribution is 14.0. The zero-order chi connectivity index (χ0) is 50.7. The number of rotatable bonds is 12. The van der Waals surface area contributed by atoms with E-state index in [1.165, 1.54) is 75.7 Å². The largest absolute Gasteiger partial charge is 0.398 e. The highest BCUT2D eigenvalue weighted by atomic mass is 127. The van der Waals surface area contributed by atoms with Gasteiger partial charge in [-0.1, -0.05) is 71.7 Å². The molecule has 3 N–H and O–H groups in total. The van der Waals surface area contributed by atoms with Gasteiger partial charge in [-0.25, -0.2) is 34.4 Å². The van der Waals surface area contributed by atoms with Crippen molar-refractivity contribution in [2.24, 2.45) is 0 Å². The number of para-hydroxylation sites is 4. The molecule has 0 spiro atoms. The second kappa shape index (κ2) is 29.1. The molecule has 0 aliphatic heterocycles. The summed E-state index contributed by atoms with van der Waals surface area (Å²) in [6, 6.07) is 24.5. The Morgan fingerprint density at radius 3 is 1.45 bits per heavy atom. The molecular weight excluding hydrogens is 1130 g/mol. The van der Waals surface area contributed by atoms with Gasteiger partial charge >= 0.3 is 0 Å². The molecule has 4 aromatic carbocycles. The molecule has 5 aromatic rings. The van der Waals surface area contributed by atoms with Crippen LogP contribution in [-0.4, -0.2) is 77.4 Å². The van der Waals surface area contributed by atoms with Crippen molar-refractivity contribution in [2.75, 3.05) is 18.2 Å². The number of hydrogen-bond donors (Lipinski definition) is 2. The number of nitrogens with one attached hydrogen (secondary N) is 1. The zero-order valence-corrected chi connectivity index (χ0v) is 45.4. The van der Waals surface area contributed by atoms with E-state index in [9.17, 15) is 49.7 Å². The Bertz CT molecular complexity index is 2790. The SMILES string of the molecule is CC(C)S(=O)(=O)c1ccccc1N.CC(C)S(=O)(=O)c1ccccc1Nc1nc(Cl)ncc1Cl.CC(C)S(=O)(=O)c1ccccc1[N+](=O)[O-].COS(=O)C(C)C.I.O=[N+]([O-])c1ccccc1Cl. The van der Waals surface area contributed by atoms with Gasteiger partial charge in [-0.2, -0.15) is 4.98 Å². The minimum absolute atomic E-state index is 0. The topological polar surface area (TPSA) is 279 Å². The molecule has 0 saturated heterocycles. The number of nitro benzene ring substituents is 2. The molecule has 0 radical (unpaired) electrons. The highest BCUT2D eigenvalue weighted by Gasteiger charge is 2.28. The van der Waals surface area contributed by atoms with Gasteiger partial charge in [0.2, 0.25) is 5.28 Å². The lowest BCUT2D eigenvalue weighted by molar-refractivity contribution is -0.387. The number of nitro groups is 2. The van der Waals surface area contributed by atoms with Crippen molar-refractivity contribution in [3.63, 3.8) is 0 Å². The lowest BCUT2D eigenvalue weighted by Gasteiger charge is -2.14. The minimum atomic E-state index is -3.59. The zero-order valence-electron chi connectivity index (χ0n) is 37.6. The Balaban J connectivity index is 0.000000847. The van der Waals surface area contributed by atoms with Crippen LogP contribution in [0.3, 0.4) is 0 Å². The molecule has 370 valence electrons. The number of nitrogen functional groups attached to an aromatic ring is 1. The van der Waals surface area contributed by atoms with Gasteiger partial charge in [0, 0.05) is 12.1 Å². The molecule has 0 amide bonds. The second-order valence-electron chi connectivity index (χ2n) is 14.2. The maximum absolute atomic E-state index is 12.4. The maximum Gasteiger partial charge on any atom is 0.287 e. The summed E-state index contributed by atoms with van der Waals surface area (Å²) in [7, 11) is -8.82. The molecule has 18 nitrogen and oxygen atoms in total. The van der Waals surface area contributed by atoms with Crippen molar-refractivity contribution >= 4 is 128 Å². The molecule has 1 heterocycles. The van der Waals surface area contributed by atoms with Crippen LogP contribution in [-0.2, 0) is 44.8 Å². The molecule has 5 rings (SSSR count). The van der Waals surface area contributed by atoms with E-state index < -0.39 is 66.2 Å². The van der Waals surface area contributed by atoms with Gasteiger partial charge in [0.15, 0.2) is 46.4 Å². The lowest BCUT2D eigenvalue weighted by Crippen LogP contribution is -2.15. The van der Waals surface area contributed by atoms with Crippen LogP contribution >= 0.6 is 58.8 Å². The van der Waals surface area contributed by atoms with Crippen LogP contribution in [0.25, 0.3) is 0 Å². The number of hydrogen-bond acceptors (Lipinski definition) is 16. The van der Waals surface area contributed by atoms with Crippen LogP contribution in [0.1, 0.15) is 55.4 Å². The summed E-state index contributed by atoms with van der Waals surface area (Å²) in [5, 5.41) is 22.6. The maximum atomic E-state index is 12.4. The molecule has 26 heteroatoms. The van der Waals surface area contributed by atoms with E-state index in [-0.39, 0.29) is 76.4 Å². The van der Waals surface area contributed by atoms with Crippen molar-refractivity contribution in [3.8, 4) is 0 Å². The van der Waals surface area contributed by atoms with Crippen LogP contribution in [0, 0.1) is 20.2 Å². The van der Waals surface area contributed by atoms with E-state index >= 15 is 0 Å². The standard InChI is InChI=1S/C13H13Cl2N3O2S.C9H11NO4S.C9H13NO2S.C6H4ClNO2.C4H10O2S.HI/c1-8(2)21(19,20)11-6-4-3-5-10(11)17-12-9(14)7-16-13(15)18-12;1-7(2)15(13,14)9-6-4-3-5-8(9)10(11)12;1-7(2)13(11,12)9-6-4-3-5-8(9)10;7-5-3-1-2-4-6(5)8(9)10;1-4(2)7(5)6-3;/h3-8H,1-2H3,(H,16,17,18);3-7H,1-2H3;3-7H,10H2,1-2H3;1-4H;4H,1-3H3;1H. The molecule has 1 aromatic heterocycles. The molecule has 0 aliphatic carbocycles. The second-order valence-corrected chi connectivity index (χ2v) is 24.6. The Kier molecular flexibility index (Phi) is 27.3. The predicted octanol–water partition coefficient (Wildman–Crippen LogP) is 10.5. The summed E-state index contributed by atoms with van der Waals surface area (Å²) in [5.41, 5.74) is 5.85. The van der Waals surface area contributed by atoms with E-state index in [4.69, 9.17) is 40.5 Å². The van der Waals surface area contributed by atoms with Gasteiger partial charge in [-0.05, 0) is 103 Å². The number of nitrogens with two attached hydrogens (primary N) is 1. The first kappa shape index (κ1) is 62.9. The van der Waals surface area contributed by atoms with Crippen LogP contribution in [0.5, 0.6) is 0 Å².